The minimum absolute atomic E-state index is 0.0458. The molecule has 53 heavy (non-hydrogen) atoms. The van der Waals surface area contributed by atoms with Crippen molar-refractivity contribution in [2.45, 2.75) is 39.7 Å². The van der Waals surface area contributed by atoms with Gasteiger partial charge in [0.05, 0.1) is 12.7 Å². The maximum atomic E-state index is 14.1. The number of fused-ring (bicyclic) bond motifs is 3. The molecular weight excluding hydrogens is 678 g/mol. The summed E-state index contributed by atoms with van der Waals surface area (Å²) in [5, 5.41) is 22.4. The molecular formula is C38H41N9O6. The lowest BCUT2D eigenvalue weighted by Crippen LogP contribution is -2.52. The first kappa shape index (κ1) is 36.0. The van der Waals surface area contributed by atoms with E-state index in [1.165, 1.54) is 13.2 Å². The highest BCUT2D eigenvalue weighted by Crippen LogP contribution is 2.43. The van der Waals surface area contributed by atoms with E-state index in [9.17, 15) is 9.59 Å². The Morgan fingerprint density at radius 2 is 1.43 bits per heavy atom. The Bertz CT molecular complexity index is 2480. The number of nitrogens with two attached hydrogens (primary N) is 3. The third kappa shape index (κ3) is 6.37. The van der Waals surface area contributed by atoms with E-state index in [1.54, 1.807) is 24.3 Å². The van der Waals surface area contributed by atoms with E-state index in [4.69, 9.17) is 36.8 Å². The highest BCUT2D eigenvalue weighted by atomic mass is 16.7. The monoisotopic (exact) mass is 719 g/mol. The van der Waals surface area contributed by atoms with Crippen LogP contribution in [0.2, 0.25) is 0 Å². The van der Waals surface area contributed by atoms with Gasteiger partial charge in [-0.3, -0.25) is 0 Å². The van der Waals surface area contributed by atoms with Gasteiger partial charge in [0, 0.05) is 69.3 Å². The zero-order chi connectivity index (χ0) is 38.2. The average Bonchev–Trinajstić information content (AvgIpc) is 3.88. The summed E-state index contributed by atoms with van der Waals surface area (Å²) in [6.45, 7) is 7.82. The minimum atomic E-state index is -1.18. The molecule has 15 nitrogen and oxygen atoms in total. The number of nitrogens with one attached hydrogen (secondary N) is 1. The topological polar surface area (TPSA) is 223 Å². The van der Waals surface area contributed by atoms with Crippen LogP contribution < -0.4 is 21.9 Å². The van der Waals surface area contributed by atoms with Gasteiger partial charge in [-0.2, -0.15) is 0 Å². The molecule has 0 fully saturated rings. The zero-order valence-corrected chi connectivity index (χ0v) is 30.2. The van der Waals surface area contributed by atoms with Gasteiger partial charge in [-0.05, 0) is 72.5 Å². The number of nitrogens with zero attached hydrogens (tertiary/aromatic N) is 5. The van der Waals surface area contributed by atoms with Crippen LogP contribution in [0.3, 0.4) is 0 Å². The molecule has 8 N–H and O–H groups in total. The highest BCUT2D eigenvalue weighted by Gasteiger charge is 2.51. The Morgan fingerprint density at radius 1 is 0.811 bits per heavy atom. The maximum absolute atomic E-state index is 14.1. The number of amidine groups is 3. The van der Waals surface area contributed by atoms with Crippen LogP contribution in [0.15, 0.2) is 94.6 Å². The second-order valence-corrected chi connectivity index (χ2v) is 13.6. The van der Waals surface area contributed by atoms with Gasteiger partial charge >= 0.3 is 11.9 Å². The summed E-state index contributed by atoms with van der Waals surface area (Å²) in [7, 11) is 3.40. The van der Waals surface area contributed by atoms with Gasteiger partial charge in [-0.25, -0.2) is 9.59 Å². The molecule has 0 aliphatic rings. The molecule has 3 aromatic carbocycles. The Balaban J connectivity index is 1.24. The van der Waals surface area contributed by atoms with Crippen molar-refractivity contribution in [3.8, 4) is 5.75 Å². The number of carbonyl (C=O) groups excluding carboxylic acids is 2. The van der Waals surface area contributed by atoms with Crippen molar-refractivity contribution in [1.29, 1.82) is 0 Å². The number of H-pyrrole nitrogens is 1. The highest BCUT2D eigenvalue weighted by molar-refractivity contribution is 6.05. The summed E-state index contributed by atoms with van der Waals surface area (Å²) in [6.07, 6.45) is 4.16. The molecule has 0 aliphatic heterocycles. The first-order valence-electron chi connectivity index (χ1n) is 16.7. The molecule has 0 amide bonds. The van der Waals surface area contributed by atoms with Crippen LogP contribution in [0, 0.1) is 5.41 Å². The van der Waals surface area contributed by atoms with Crippen LogP contribution in [-0.4, -0.2) is 55.9 Å². The number of ether oxygens (including phenoxy) is 1. The third-order valence-corrected chi connectivity index (χ3v) is 9.67. The summed E-state index contributed by atoms with van der Waals surface area (Å²) in [5.41, 5.74) is 20.4. The number of methoxy groups -OCH3 is 1. The van der Waals surface area contributed by atoms with Crippen molar-refractivity contribution in [2.75, 3.05) is 7.11 Å². The number of aromatic nitrogens is 3. The molecule has 0 saturated heterocycles. The van der Waals surface area contributed by atoms with Crippen molar-refractivity contribution in [1.82, 2.24) is 14.1 Å². The molecule has 6 rings (SSSR count). The summed E-state index contributed by atoms with van der Waals surface area (Å²) >= 11 is 0. The van der Waals surface area contributed by atoms with E-state index in [2.05, 4.69) is 20.5 Å². The maximum Gasteiger partial charge on any atom is 0.381 e. The van der Waals surface area contributed by atoms with Crippen LogP contribution in [0.1, 0.15) is 61.3 Å². The van der Waals surface area contributed by atoms with E-state index in [1.807, 2.05) is 92.7 Å². The number of hydrogen-bond donors (Lipinski definition) is 5. The van der Waals surface area contributed by atoms with E-state index >= 15 is 0 Å². The molecule has 274 valence electrons. The minimum Gasteiger partial charge on any atom is -0.496 e. The lowest BCUT2D eigenvalue weighted by molar-refractivity contribution is -0.161. The smallest absolute Gasteiger partial charge is 0.381 e. The predicted octanol–water partition coefficient (Wildman–Crippen LogP) is 5.21. The van der Waals surface area contributed by atoms with E-state index in [0.717, 1.165) is 21.8 Å². The SMILES string of the molecule is CCC(C(=O)ON=C(N)c1ccc2c(ccn2C)c1)(n1ccc2cc(C(N)=NOC(=O)c3cc4cc(C(N)=NO)c(OC)cc4[nH]3)ccc21)C(C)(C)C. The van der Waals surface area contributed by atoms with Crippen molar-refractivity contribution in [2.24, 2.45) is 45.1 Å². The van der Waals surface area contributed by atoms with Crippen LogP contribution in [-0.2, 0) is 27.1 Å². The number of aromatic amines is 1. The number of carbonyl (C=O) groups is 2. The van der Waals surface area contributed by atoms with Crippen LogP contribution in [0.5, 0.6) is 5.75 Å². The van der Waals surface area contributed by atoms with Crippen molar-refractivity contribution >= 4 is 62.2 Å². The van der Waals surface area contributed by atoms with Gasteiger partial charge in [0.2, 0.25) is 0 Å². The lowest BCUT2D eigenvalue weighted by atomic mass is 9.71. The largest absolute Gasteiger partial charge is 0.496 e. The molecule has 6 aromatic rings. The zero-order valence-electron chi connectivity index (χ0n) is 30.2. The van der Waals surface area contributed by atoms with Gasteiger partial charge in [-0.1, -0.05) is 43.2 Å². The fraction of sp³-hybridized carbons (Fsp3) is 0.237. The summed E-state index contributed by atoms with van der Waals surface area (Å²) in [6, 6.07) is 19.6. The number of aryl methyl sites for hydroxylation is 1. The number of benzene rings is 3. The van der Waals surface area contributed by atoms with Gasteiger partial charge < -0.3 is 50.9 Å². The second-order valence-electron chi connectivity index (χ2n) is 13.6. The van der Waals surface area contributed by atoms with Gasteiger partial charge in [0.1, 0.15) is 17.0 Å². The molecule has 0 saturated carbocycles. The Kier molecular flexibility index (Phi) is 9.35. The first-order chi connectivity index (χ1) is 25.2. The fourth-order valence-corrected chi connectivity index (χ4v) is 6.79. The molecule has 0 radical (unpaired) electrons. The number of rotatable bonds is 10. The molecule has 0 bridgehead atoms. The van der Waals surface area contributed by atoms with Crippen molar-refractivity contribution in [3.05, 3.63) is 102 Å². The first-order valence-corrected chi connectivity index (χ1v) is 16.7. The Labute approximate surface area is 304 Å². The molecule has 15 heteroatoms. The molecule has 3 heterocycles. The van der Waals surface area contributed by atoms with Gasteiger partial charge in [0.25, 0.3) is 0 Å². The van der Waals surface area contributed by atoms with E-state index < -0.39 is 22.9 Å². The number of hydrogen-bond acceptors (Lipinski definition) is 9. The third-order valence-electron chi connectivity index (χ3n) is 9.67. The van der Waals surface area contributed by atoms with Crippen LogP contribution >= 0.6 is 0 Å². The lowest BCUT2D eigenvalue weighted by Gasteiger charge is -2.43. The molecule has 3 aromatic heterocycles. The predicted molar refractivity (Wildman–Crippen MR) is 203 cm³/mol. The Morgan fingerprint density at radius 3 is 2.06 bits per heavy atom. The Hall–Kier alpha value is -6.77. The standard InChI is InChI=1S/C38H41N9O6/c1-7-38(37(2,3)4,36(49)53-45-33(40)23-8-10-29-21(16-23)12-14-46(29)5)47-15-13-22-17-24(9-11-30(22)47)32(39)44-52-35(48)28-19-25-18-26(34(41)43-50)31(51-6)20-27(25)42-28/h8-20,42,50H,7H2,1-6H3,(H2,39,44)(H2,40,45)(H2,41,43). The molecule has 0 aliphatic carbocycles. The summed E-state index contributed by atoms with van der Waals surface area (Å²) in [4.78, 5) is 40.8. The normalized spacial score (nSPS) is 14.1. The number of oxime groups is 3. The van der Waals surface area contributed by atoms with E-state index in [0.29, 0.717) is 39.8 Å². The van der Waals surface area contributed by atoms with Crippen LogP contribution in [0.4, 0.5) is 0 Å². The summed E-state index contributed by atoms with van der Waals surface area (Å²) in [5.74, 6) is -1.13. The van der Waals surface area contributed by atoms with Crippen molar-refractivity contribution in [3.63, 3.8) is 0 Å². The molecule has 1 unspecified atom stereocenters. The quantitative estimate of drug-likeness (QED) is 0.0411. The van der Waals surface area contributed by atoms with Gasteiger partial charge in [-0.15, -0.1) is 0 Å². The van der Waals surface area contributed by atoms with Gasteiger partial charge in [0.15, 0.2) is 17.5 Å². The molecule has 0 spiro atoms. The van der Waals surface area contributed by atoms with Crippen molar-refractivity contribution < 1.29 is 29.2 Å². The van der Waals surface area contributed by atoms with Crippen LogP contribution in [0.25, 0.3) is 32.7 Å². The molecule has 1 atom stereocenters. The average molecular weight is 720 g/mol. The fourth-order valence-electron chi connectivity index (χ4n) is 6.79. The van der Waals surface area contributed by atoms with E-state index in [-0.39, 0.29) is 23.2 Å². The second kappa shape index (κ2) is 13.7. The summed E-state index contributed by atoms with van der Waals surface area (Å²) < 4.78 is 9.21.